The molecule has 0 N–H and O–H groups in total. The Hall–Kier alpha value is -2.87. The van der Waals surface area contributed by atoms with Crippen molar-refractivity contribution in [1.29, 1.82) is 0 Å². The Kier molecular flexibility index (Phi) is 6.30. The van der Waals surface area contributed by atoms with Gasteiger partial charge in [0.05, 0.1) is 32.5 Å². The van der Waals surface area contributed by atoms with E-state index in [1.165, 1.54) is 14.2 Å². The van der Waals surface area contributed by atoms with Gasteiger partial charge < -0.3 is 23.8 Å². The van der Waals surface area contributed by atoms with Gasteiger partial charge in [0, 0.05) is 18.7 Å². The van der Waals surface area contributed by atoms with Crippen LogP contribution in [-0.4, -0.2) is 60.3 Å². The van der Waals surface area contributed by atoms with Crippen LogP contribution >= 0.6 is 0 Å². The number of nitrogens with zero attached hydrogens (tertiary/aromatic N) is 3. The number of hydrogen-bond donors (Lipinski definition) is 0. The SMILES string of the molecule is COc1cc(OC)nc(COc2ccc(C(=O)N3C[C@H](C)O[C@@H](C)C3)cc2)n1. The second-order valence-corrected chi connectivity index (χ2v) is 6.65. The number of carbonyl (C=O) groups excluding carboxylic acids is 1. The van der Waals surface area contributed by atoms with Crippen molar-refractivity contribution in [2.24, 2.45) is 0 Å². The minimum atomic E-state index is -0.00517. The largest absolute Gasteiger partial charge is 0.486 e. The summed E-state index contributed by atoms with van der Waals surface area (Å²) in [7, 11) is 3.05. The quantitative estimate of drug-likeness (QED) is 0.752. The standard InChI is InChI=1S/C20H25N3O5/c1-13-10-23(11-14(2)28-13)20(24)15-5-7-16(8-6-15)27-12-17-21-18(25-3)9-19(22-17)26-4/h5-9,13-14H,10-12H2,1-4H3/t13-,14-/m0/s1. The van der Waals surface area contributed by atoms with Gasteiger partial charge in [0.25, 0.3) is 5.91 Å². The Bertz CT molecular complexity index is 780. The highest BCUT2D eigenvalue weighted by molar-refractivity contribution is 5.94. The lowest BCUT2D eigenvalue weighted by Crippen LogP contribution is -2.48. The maximum Gasteiger partial charge on any atom is 0.254 e. The molecule has 28 heavy (non-hydrogen) atoms. The molecule has 2 atom stereocenters. The van der Waals surface area contributed by atoms with Crippen molar-refractivity contribution in [3.63, 3.8) is 0 Å². The smallest absolute Gasteiger partial charge is 0.254 e. The average Bonchev–Trinajstić information content (AvgIpc) is 2.71. The maximum atomic E-state index is 12.7. The second kappa shape index (κ2) is 8.88. The number of hydrogen-bond acceptors (Lipinski definition) is 7. The van der Waals surface area contributed by atoms with Crippen molar-refractivity contribution in [2.75, 3.05) is 27.3 Å². The van der Waals surface area contributed by atoms with Crippen LogP contribution in [0, 0.1) is 0 Å². The third-order valence-electron chi connectivity index (χ3n) is 4.32. The van der Waals surface area contributed by atoms with Crippen LogP contribution in [0.5, 0.6) is 17.5 Å². The lowest BCUT2D eigenvalue weighted by atomic mass is 10.1. The van der Waals surface area contributed by atoms with Crippen LogP contribution < -0.4 is 14.2 Å². The van der Waals surface area contributed by atoms with E-state index in [2.05, 4.69) is 9.97 Å². The molecule has 1 aliphatic heterocycles. The van der Waals surface area contributed by atoms with E-state index >= 15 is 0 Å². The molecule has 8 heteroatoms. The predicted octanol–water partition coefficient (Wildman–Crippen LogP) is 2.32. The third-order valence-corrected chi connectivity index (χ3v) is 4.32. The fourth-order valence-corrected chi connectivity index (χ4v) is 3.09. The number of morpholine rings is 1. The molecule has 0 unspecified atom stereocenters. The molecule has 1 aromatic heterocycles. The van der Waals surface area contributed by atoms with E-state index in [1.54, 1.807) is 30.3 Å². The van der Waals surface area contributed by atoms with Gasteiger partial charge in [-0.2, -0.15) is 9.97 Å². The molecule has 0 spiro atoms. The Morgan fingerprint density at radius 1 is 1.07 bits per heavy atom. The van der Waals surface area contributed by atoms with Gasteiger partial charge in [-0.05, 0) is 38.1 Å². The van der Waals surface area contributed by atoms with Crippen molar-refractivity contribution < 1.29 is 23.7 Å². The highest BCUT2D eigenvalue weighted by Gasteiger charge is 2.26. The van der Waals surface area contributed by atoms with Crippen molar-refractivity contribution in [3.05, 3.63) is 41.7 Å². The van der Waals surface area contributed by atoms with Crippen LogP contribution in [0.3, 0.4) is 0 Å². The first-order valence-electron chi connectivity index (χ1n) is 9.12. The summed E-state index contributed by atoms with van der Waals surface area (Å²) >= 11 is 0. The predicted molar refractivity (Wildman–Crippen MR) is 102 cm³/mol. The van der Waals surface area contributed by atoms with Crippen molar-refractivity contribution >= 4 is 5.91 Å². The minimum absolute atomic E-state index is 0.00517. The molecule has 0 radical (unpaired) electrons. The molecule has 1 fully saturated rings. The van der Waals surface area contributed by atoms with Gasteiger partial charge in [-0.15, -0.1) is 0 Å². The topological polar surface area (TPSA) is 83.0 Å². The summed E-state index contributed by atoms with van der Waals surface area (Å²) in [6.07, 6.45) is 0.0744. The first kappa shape index (κ1) is 19.9. The number of methoxy groups -OCH3 is 2. The van der Waals surface area contributed by atoms with Crippen molar-refractivity contribution in [2.45, 2.75) is 32.7 Å². The van der Waals surface area contributed by atoms with E-state index in [4.69, 9.17) is 18.9 Å². The first-order chi connectivity index (χ1) is 13.5. The first-order valence-corrected chi connectivity index (χ1v) is 9.12. The van der Waals surface area contributed by atoms with Gasteiger partial charge >= 0.3 is 0 Å². The molecule has 1 aliphatic rings. The minimum Gasteiger partial charge on any atom is -0.486 e. The van der Waals surface area contributed by atoms with E-state index in [0.29, 0.717) is 42.0 Å². The Morgan fingerprint density at radius 2 is 1.64 bits per heavy atom. The van der Waals surface area contributed by atoms with Gasteiger partial charge in [-0.1, -0.05) is 0 Å². The lowest BCUT2D eigenvalue weighted by Gasteiger charge is -2.35. The summed E-state index contributed by atoms with van der Waals surface area (Å²) in [4.78, 5) is 23.0. The summed E-state index contributed by atoms with van der Waals surface area (Å²) in [6, 6.07) is 8.64. The molecular formula is C20H25N3O5. The zero-order valence-electron chi connectivity index (χ0n) is 16.5. The molecule has 3 rings (SSSR count). The van der Waals surface area contributed by atoms with Gasteiger partial charge in [0.2, 0.25) is 11.8 Å². The van der Waals surface area contributed by atoms with Crippen molar-refractivity contribution in [1.82, 2.24) is 14.9 Å². The fraction of sp³-hybridized carbons (Fsp3) is 0.450. The average molecular weight is 387 g/mol. The normalized spacial score (nSPS) is 19.2. The van der Waals surface area contributed by atoms with E-state index in [1.807, 2.05) is 18.7 Å². The fourth-order valence-electron chi connectivity index (χ4n) is 3.09. The molecule has 1 amide bonds. The Morgan fingerprint density at radius 3 is 2.18 bits per heavy atom. The number of aromatic nitrogens is 2. The molecule has 2 heterocycles. The zero-order valence-corrected chi connectivity index (χ0v) is 16.5. The molecular weight excluding hydrogens is 362 g/mol. The summed E-state index contributed by atoms with van der Waals surface area (Å²) in [5.74, 6) is 1.86. The molecule has 8 nitrogen and oxygen atoms in total. The molecule has 2 aromatic rings. The molecule has 1 saturated heterocycles. The van der Waals surface area contributed by atoms with Crippen LogP contribution in [0.1, 0.15) is 30.0 Å². The lowest BCUT2D eigenvalue weighted by molar-refractivity contribution is -0.0586. The summed E-state index contributed by atoms with van der Waals surface area (Å²) in [5.41, 5.74) is 0.618. The number of carbonyl (C=O) groups is 1. The summed E-state index contributed by atoms with van der Waals surface area (Å²) in [5, 5.41) is 0. The van der Waals surface area contributed by atoms with Crippen LogP contribution in [0.25, 0.3) is 0 Å². The Balaban J connectivity index is 1.62. The van der Waals surface area contributed by atoms with E-state index in [0.717, 1.165) is 0 Å². The monoisotopic (exact) mass is 387 g/mol. The van der Waals surface area contributed by atoms with Gasteiger partial charge in [0.15, 0.2) is 5.82 Å². The van der Waals surface area contributed by atoms with Gasteiger partial charge in [0.1, 0.15) is 12.4 Å². The second-order valence-electron chi connectivity index (χ2n) is 6.65. The highest BCUT2D eigenvalue weighted by Crippen LogP contribution is 2.19. The summed E-state index contributed by atoms with van der Waals surface area (Å²) < 4.78 is 21.7. The molecule has 0 saturated carbocycles. The van der Waals surface area contributed by atoms with Crippen LogP contribution in [-0.2, 0) is 11.3 Å². The Labute approximate surface area is 164 Å². The highest BCUT2D eigenvalue weighted by atomic mass is 16.5. The molecule has 0 bridgehead atoms. The molecule has 150 valence electrons. The summed E-state index contributed by atoms with van der Waals surface area (Å²) in [6.45, 7) is 5.29. The number of rotatable bonds is 6. The number of ether oxygens (including phenoxy) is 4. The van der Waals surface area contributed by atoms with Crippen LogP contribution in [0.2, 0.25) is 0 Å². The van der Waals surface area contributed by atoms with Gasteiger partial charge in [-0.3, -0.25) is 4.79 Å². The van der Waals surface area contributed by atoms with Crippen LogP contribution in [0.15, 0.2) is 30.3 Å². The maximum absolute atomic E-state index is 12.7. The zero-order chi connectivity index (χ0) is 20.1. The number of amides is 1. The number of benzene rings is 1. The van der Waals surface area contributed by atoms with Crippen molar-refractivity contribution in [3.8, 4) is 17.5 Å². The van der Waals surface area contributed by atoms with E-state index in [9.17, 15) is 4.79 Å². The third kappa shape index (κ3) is 4.89. The van der Waals surface area contributed by atoms with Gasteiger partial charge in [-0.25, -0.2) is 0 Å². The van der Waals surface area contributed by atoms with E-state index in [-0.39, 0.29) is 24.7 Å². The van der Waals surface area contributed by atoms with Crippen LogP contribution in [0.4, 0.5) is 0 Å². The van der Waals surface area contributed by atoms with E-state index < -0.39 is 0 Å². The molecule has 0 aliphatic carbocycles. The molecule has 1 aromatic carbocycles.